The van der Waals surface area contributed by atoms with Gasteiger partial charge in [-0.05, 0) is 68.2 Å². The first-order chi connectivity index (χ1) is 13.5. The number of rotatable bonds is 3. The number of ether oxygens (including phenoxy) is 1. The molecule has 2 amide bonds. The average Bonchev–Trinajstić information content (AvgIpc) is 3.38. The van der Waals surface area contributed by atoms with Crippen LogP contribution in [0.2, 0.25) is 5.02 Å². The molecular weight excluding hydrogens is 378 g/mol. The van der Waals surface area contributed by atoms with Crippen LogP contribution in [-0.4, -0.2) is 28.7 Å². The molecule has 1 aromatic carbocycles. The first-order valence-corrected chi connectivity index (χ1v) is 10.4. The van der Waals surface area contributed by atoms with Gasteiger partial charge in [0.1, 0.15) is 5.75 Å². The highest BCUT2D eigenvalue weighted by molar-refractivity contribution is 6.30. The Labute approximate surface area is 168 Å². The maximum absolute atomic E-state index is 12.9. The van der Waals surface area contributed by atoms with Gasteiger partial charge in [-0.3, -0.25) is 19.3 Å². The van der Waals surface area contributed by atoms with Gasteiger partial charge in [0.05, 0.1) is 17.8 Å². The summed E-state index contributed by atoms with van der Waals surface area (Å²) in [6, 6.07) is 6.64. The van der Waals surface area contributed by atoms with Crippen molar-refractivity contribution in [2.75, 3.05) is 0 Å². The molecule has 1 saturated heterocycles. The molecule has 0 aromatic heterocycles. The van der Waals surface area contributed by atoms with Gasteiger partial charge in [0.15, 0.2) is 0 Å². The zero-order chi connectivity index (χ0) is 19.4. The minimum atomic E-state index is -0.251. The first kappa shape index (κ1) is 17.9. The number of allylic oxidation sites excluding steroid dienone is 2. The lowest BCUT2D eigenvalue weighted by Crippen LogP contribution is -2.44. The number of hydrogen-bond acceptors (Lipinski definition) is 4. The molecule has 1 heterocycles. The number of imide groups is 1. The summed E-state index contributed by atoms with van der Waals surface area (Å²) in [5.41, 5.74) is 0. The Kier molecular flexibility index (Phi) is 4.31. The number of amides is 2. The van der Waals surface area contributed by atoms with E-state index in [4.69, 9.17) is 16.3 Å². The van der Waals surface area contributed by atoms with E-state index in [1.807, 2.05) is 0 Å². The largest absolute Gasteiger partial charge is 0.426 e. The van der Waals surface area contributed by atoms with Crippen LogP contribution in [0.1, 0.15) is 32.1 Å². The molecule has 28 heavy (non-hydrogen) atoms. The van der Waals surface area contributed by atoms with Crippen LogP contribution in [0, 0.1) is 29.6 Å². The number of likely N-dealkylation sites (tertiary alicyclic amines) is 1. The first-order valence-electron chi connectivity index (χ1n) is 10.1. The van der Waals surface area contributed by atoms with Crippen molar-refractivity contribution in [3.05, 3.63) is 41.4 Å². The summed E-state index contributed by atoms with van der Waals surface area (Å²) < 4.78 is 5.46. The molecule has 5 nitrogen and oxygen atoms in total. The number of nitrogens with zero attached hydrogens (tertiary/aromatic N) is 1. The van der Waals surface area contributed by atoms with Crippen molar-refractivity contribution >= 4 is 29.4 Å². The molecule has 4 aliphatic rings. The topological polar surface area (TPSA) is 63.7 Å². The standard InChI is InChI=1S/C22H22ClNO4/c23-15-5-9-17(10-6-15)28-22(27)12-3-7-16(8-4-12)24-20(25)18-13-1-2-14(11-13)19(18)21(24)26/h1-2,5-6,9-10,12-14,16,18-19H,3-4,7-8,11H2/t12?,13-,14+,16?,18-,19-/m0/s1. The number of halogens is 1. The second-order valence-corrected chi connectivity index (χ2v) is 8.86. The van der Waals surface area contributed by atoms with Gasteiger partial charge in [-0.2, -0.15) is 0 Å². The fourth-order valence-corrected chi connectivity index (χ4v) is 5.68. The van der Waals surface area contributed by atoms with E-state index in [1.165, 1.54) is 0 Å². The Morgan fingerprint density at radius 3 is 2.07 bits per heavy atom. The highest BCUT2D eigenvalue weighted by atomic mass is 35.5. The number of carbonyl (C=O) groups is 3. The Hall–Kier alpha value is -2.14. The van der Waals surface area contributed by atoms with E-state index in [9.17, 15) is 14.4 Å². The maximum atomic E-state index is 12.9. The lowest BCUT2D eigenvalue weighted by Gasteiger charge is -2.33. The predicted molar refractivity (Wildman–Crippen MR) is 102 cm³/mol. The van der Waals surface area contributed by atoms with E-state index in [2.05, 4.69) is 12.2 Å². The number of esters is 1. The molecule has 1 aromatic rings. The summed E-state index contributed by atoms with van der Waals surface area (Å²) in [4.78, 5) is 39.9. The molecule has 2 saturated carbocycles. The normalized spacial score (nSPS) is 36.1. The molecule has 3 aliphatic carbocycles. The molecule has 1 aliphatic heterocycles. The smallest absolute Gasteiger partial charge is 0.314 e. The van der Waals surface area contributed by atoms with Gasteiger partial charge in [0.25, 0.3) is 0 Å². The third-order valence-corrected chi connectivity index (χ3v) is 7.18. The molecular formula is C22H22ClNO4. The predicted octanol–water partition coefficient (Wildman–Crippen LogP) is 3.61. The summed E-state index contributed by atoms with van der Waals surface area (Å²) in [6.07, 6.45) is 7.78. The third-order valence-electron chi connectivity index (χ3n) is 6.93. The third kappa shape index (κ3) is 2.79. The van der Waals surface area contributed by atoms with Crippen LogP contribution in [0.4, 0.5) is 0 Å². The van der Waals surface area contributed by atoms with Crippen LogP contribution in [-0.2, 0) is 14.4 Å². The van der Waals surface area contributed by atoms with E-state index in [1.54, 1.807) is 29.2 Å². The highest BCUT2D eigenvalue weighted by Crippen LogP contribution is 2.53. The molecule has 0 spiro atoms. The van der Waals surface area contributed by atoms with Gasteiger partial charge >= 0.3 is 5.97 Å². The molecule has 146 valence electrons. The lowest BCUT2D eigenvalue weighted by atomic mass is 9.85. The van der Waals surface area contributed by atoms with Crippen molar-refractivity contribution in [1.29, 1.82) is 0 Å². The van der Waals surface area contributed by atoms with E-state index >= 15 is 0 Å². The summed E-state index contributed by atoms with van der Waals surface area (Å²) in [6.45, 7) is 0. The summed E-state index contributed by atoms with van der Waals surface area (Å²) in [5.74, 6) is 0.251. The van der Waals surface area contributed by atoms with Crippen molar-refractivity contribution in [2.45, 2.75) is 38.1 Å². The molecule has 3 fully saturated rings. The molecule has 4 atom stereocenters. The Morgan fingerprint density at radius 2 is 1.50 bits per heavy atom. The Morgan fingerprint density at radius 1 is 0.929 bits per heavy atom. The minimum Gasteiger partial charge on any atom is -0.426 e. The fourth-order valence-electron chi connectivity index (χ4n) is 5.56. The summed E-state index contributed by atoms with van der Waals surface area (Å²) >= 11 is 5.85. The van der Waals surface area contributed by atoms with Crippen molar-refractivity contribution in [3.63, 3.8) is 0 Å². The summed E-state index contributed by atoms with van der Waals surface area (Å²) in [5, 5.41) is 0.591. The summed E-state index contributed by atoms with van der Waals surface area (Å²) in [7, 11) is 0. The van der Waals surface area contributed by atoms with Gasteiger partial charge < -0.3 is 4.74 Å². The van der Waals surface area contributed by atoms with E-state index in [-0.39, 0.29) is 53.4 Å². The van der Waals surface area contributed by atoms with Gasteiger partial charge in [0, 0.05) is 11.1 Å². The van der Waals surface area contributed by atoms with Crippen LogP contribution in [0.3, 0.4) is 0 Å². The van der Waals surface area contributed by atoms with Gasteiger partial charge in [-0.25, -0.2) is 0 Å². The van der Waals surface area contributed by atoms with Crippen LogP contribution < -0.4 is 4.74 Å². The number of hydrogen-bond donors (Lipinski definition) is 0. The Bertz CT molecular complexity index is 826. The van der Waals surface area contributed by atoms with Crippen molar-refractivity contribution < 1.29 is 19.1 Å². The number of fused-ring (bicyclic) bond motifs is 5. The van der Waals surface area contributed by atoms with Crippen molar-refractivity contribution in [1.82, 2.24) is 4.90 Å². The van der Waals surface area contributed by atoms with Crippen molar-refractivity contribution in [2.24, 2.45) is 29.6 Å². The monoisotopic (exact) mass is 399 g/mol. The van der Waals surface area contributed by atoms with E-state index < -0.39 is 0 Å². The van der Waals surface area contributed by atoms with Crippen molar-refractivity contribution in [3.8, 4) is 5.75 Å². The quantitative estimate of drug-likeness (QED) is 0.337. The Balaban J connectivity index is 1.21. The van der Waals surface area contributed by atoms with E-state index in [0.717, 1.165) is 6.42 Å². The van der Waals surface area contributed by atoms with Gasteiger partial charge in [-0.15, -0.1) is 0 Å². The molecule has 2 bridgehead atoms. The zero-order valence-electron chi connectivity index (χ0n) is 15.4. The number of carbonyl (C=O) groups excluding carboxylic acids is 3. The minimum absolute atomic E-state index is 0.0130. The molecule has 0 radical (unpaired) electrons. The lowest BCUT2D eigenvalue weighted by molar-refractivity contribution is -0.145. The molecule has 0 N–H and O–H groups in total. The maximum Gasteiger partial charge on any atom is 0.314 e. The van der Waals surface area contributed by atoms with Crippen LogP contribution in [0.5, 0.6) is 5.75 Å². The van der Waals surface area contributed by atoms with Crippen LogP contribution in [0.15, 0.2) is 36.4 Å². The zero-order valence-corrected chi connectivity index (χ0v) is 16.2. The molecule has 6 heteroatoms. The van der Waals surface area contributed by atoms with Crippen LogP contribution in [0.25, 0.3) is 0 Å². The van der Waals surface area contributed by atoms with Crippen LogP contribution >= 0.6 is 11.6 Å². The average molecular weight is 400 g/mol. The molecule has 5 rings (SSSR count). The second-order valence-electron chi connectivity index (χ2n) is 8.43. The second kappa shape index (κ2) is 6.73. The number of benzene rings is 1. The molecule has 0 unspecified atom stereocenters. The SMILES string of the molecule is O=C(Oc1ccc(Cl)cc1)C1CCC(N2C(=O)[C@@H]3[C@@H](C2=O)[C@H]2C=C[C@@H]3C2)CC1. The van der Waals surface area contributed by atoms with Gasteiger partial charge in [-0.1, -0.05) is 23.8 Å². The van der Waals surface area contributed by atoms with Gasteiger partial charge in [0.2, 0.25) is 11.8 Å². The highest BCUT2D eigenvalue weighted by Gasteiger charge is 2.60. The van der Waals surface area contributed by atoms with E-state index in [0.29, 0.717) is 36.5 Å². The fraction of sp³-hybridized carbons (Fsp3) is 0.500.